The number of fused-ring (bicyclic) bond motifs is 1. The summed E-state index contributed by atoms with van der Waals surface area (Å²) in [4.78, 5) is 0. The van der Waals surface area contributed by atoms with Gasteiger partial charge in [-0.15, -0.1) is 0 Å². The first-order valence-electron chi connectivity index (χ1n) is 7.63. The molecule has 3 rings (SSSR count). The maximum atomic E-state index is 5.39. The van der Waals surface area contributed by atoms with Gasteiger partial charge in [-0.2, -0.15) is 0 Å². The summed E-state index contributed by atoms with van der Waals surface area (Å²) in [6.45, 7) is 1.68. The highest BCUT2D eigenvalue weighted by Gasteiger charge is 2.14. The monoisotopic (exact) mass is 331 g/mol. The minimum atomic E-state index is 0.289. The van der Waals surface area contributed by atoms with Crippen molar-refractivity contribution in [2.75, 3.05) is 28.1 Å². The summed E-state index contributed by atoms with van der Waals surface area (Å²) in [6.07, 6.45) is 0. The molecule has 0 saturated heterocycles. The highest BCUT2D eigenvalue weighted by atomic mass is 16.7. The molecule has 1 heterocycles. The number of hydrogen-bond acceptors (Lipinski definition) is 6. The number of ether oxygens (including phenoxy) is 5. The molecule has 2 aromatic carbocycles. The van der Waals surface area contributed by atoms with Gasteiger partial charge in [-0.25, -0.2) is 0 Å². The molecule has 0 spiro atoms. The fourth-order valence-electron chi connectivity index (χ4n) is 2.64. The van der Waals surface area contributed by atoms with Crippen LogP contribution in [-0.2, 0) is 13.1 Å². The van der Waals surface area contributed by atoms with Gasteiger partial charge in [0.2, 0.25) is 12.5 Å². The number of methoxy groups -OCH3 is 3. The lowest BCUT2D eigenvalue weighted by atomic mass is 10.1. The van der Waals surface area contributed by atoms with Gasteiger partial charge in [0.05, 0.1) is 21.3 Å². The first-order valence-corrected chi connectivity index (χ1v) is 7.63. The molecule has 0 saturated carbocycles. The molecule has 6 heteroatoms. The van der Waals surface area contributed by atoms with Crippen LogP contribution < -0.4 is 29.0 Å². The zero-order chi connectivity index (χ0) is 16.9. The van der Waals surface area contributed by atoms with Crippen LogP contribution >= 0.6 is 0 Å². The Morgan fingerprint density at radius 1 is 0.833 bits per heavy atom. The van der Waals surface area contributed by atoms with E-state index in [0.29, 0.717) is 30.3 Å². The third-order valence-electron chi connectivity index (χ3n) is 3.82. The van der Waals surface area contributed by atoms with E-state index in [9.17, 15) is 0 Å². The number of rotatable bonds is 7. The van der Waals surface area contributed by atoms with Crippen LogP contribution in [0.1, 0.15) is 11.1 Å². The van der Waals surface area contributed by atoms with Crippen molar-refractivity contribution in [1.29, 1.82) is 0 Å². The molecule has 0 aliphatic carbocycles. The van der Waals surface area contributed by atoms with Crippen molar-refractivity contribution < 1.29 is 23.7 Å². The Morgan fingerprint density at radius 2 is 1.50 bits per heavy atom. The Hall–Kier alpha value is -2.60. The molecule has 2 aromatic rings. The molecule has 0 unspecified atom stereocenters. The molecule has 0 amide bonds. The minimum Gasteiger partial charge on any atom is -0.493 e. The van der Waals surface area contributed by atoms with E-state index in [-0.39, 0.29) is 6.79 Å². The molecule has 1 aliphatic rings. The van der Waals surface area contributed by atoms with E-state index < -0.39 is 0 Å². The molecule has 0 radical (unpaired) electrons. The Morgan fingerprint density at radius 3 is 2.17 bits per heavy atom. The van der Waals surface area contributed by atoms with Crippen molar-refractivity contribution in [3.8, 4) is 28.7 Å². The first kappa shape index (κ1) is 16.3. The van der Waals surface area contributed by atoms with Crippen LogP contribution in [0.25, 0.3) is 0 Å². The van der Waals surface area contributed by atoms with Crippen molar-refractivity contribution in [2.45, 2.75) is 13.1 Å². The van der Waals surface area contributed by atoms with Crippen molar-refractivity contribution in [1.82, 2.24) is 5.32 Å². The predicted molar refractivity (Wildman–Crippen MR) is 89.2 cm³/mol. The van der Waals surface area contributed by atoms with Gasteiger partial charge in [-0.05, 0) is 35.4 Å². The summed E-state index contributed by atoms with van der Waals surface area (Å²) < 4.78 is 26.8. The Bertz CT molecular complexity index is 692. The molecular weight excluding hydrogens is 310 g/mol. The maximum Gasteiger partial charge on any atom is 0.231 e. The molecule has 0 fully saturated rings. The summed E-state index contributed by atoms with van der Waals surface area (Å²) in [5.74, 6) is 3.48. The van der Waals surface area contributed by atoms with Gasteiger partial charge in [-0.1, -0.05) is 6.07 Å². The SMILES string of the molecule is COc1cc(CNCc2ccc3c(c2)OCO3)cc(OC)c1OC. The van der Waals surface area contributed by atoms with Crippen molar-refractivity contribution in [3.05, 3.63) is 41.5 Å². The Kier molecular flexibility index (Phi) is 4.96. The van der Waals surface area contributed by atoms with E-state index in [4.69, 9.17) is 23.7 Å². The van der Waals surface area contributed by atoms with E-state index in [1.807, 2.05) is 30.3 Å². The van der Waals surface area contributed by atoms with Gasteiger partial charge in [-0.3, -0.25) is 0 Å². The highest BCUT2D eigenvalue weighted by Crippen LogP contribution is 2.38. The Labute approximate surface area is 141 Å². The molecule has 128 valence electrons. The van der Waals surface area contributed by atoms with E-state index in [2.05, 4.69) is 5.32 Å². The highest BCUT2D eigenvalue weighted by molar-refractivity contribution is 5.53. The summed E-state index contributed by atoms with van der Waals surface area (Å²) in [6, 6.07) is 9.82. The third kappa shape index (κ3) is 3.33. The maximum absolute atomic E-state index is 5.39. The van der Waals surface area contributed by atoms with Crippen LogP contribution in [0.15, 0.2) is 30.3 Å². The number of benzene rings is 2. The smallest absolute Gasteiger partial charge is 0.231 e. The number of hydrogen-bond donors (Lipinski definition) is 1. The van der Waals surface area contributed by atoms with E-state index in [1.165, 1.54) is 0 Å². The standard InChI is InChI=1S/C18H21NO5/c1-20-16-7-13(8-17(21-2)18(16)22-3)10-19-9-12-4-5-14-15(6-12)24-11-23-14/h4-8,19H,9-11H2,1-3H3. The quantitative estimate of drug-likeness (QED) is 0.842. The fraction of sp³-hybridized carbons (Fsp3) is 0.333. The van der Waals surface area contributed by atoms with Gasteiger partial charge >= 0.3 is 0 Å². The zero-order valence-electron chi connectivity index (χ0n) is 14.0. The van der Waals surface area contributed by atoms with Crippen LogP contribution in [0.2, 0.25) is 0 Å². The van der Waals surface area contributed by atoms with Gasteiger partial charge in [0, 0.05) is 13.1 Å². The van der Waals surface area contributed by atoms with Crippen LogP contribution in [0.3, 0.4) is 0 Å². The van der Waals surface area contributed by atoms with Gasteiger partial charge in [0.15, 0.2) is 23.0 Å². The first-order chi connectivity index (χ1) is 11.7. The topological polar surface area (TPSA) is 58.2 Å². The molecule has 0 aromatic heterocycles. The normalized spacial score (nSPS) is 12.1. The summed E-state index contributed by atoms with van der Waals surface area (Å²) in [5, 5.41) is 3.40. The lowest BCUT2D eigenvalue weighted by Crippen LogP contribution is -2.13. The second-order valence-corrected chi connectivity index (χ2v) is 5.32. The molecule has 1 aliphatic heterocycles. The largest absolute Gasteiger partial charge is 0.493 e. The molecule has 0 atom stereocenters. The molecule has 24 heavy (non-hydrogen) atoms. The number of nitrogens with one attached hydrogen (secondary N) is 1. The van der Waals surface area contributed by atoms with Crippen molar-refractivity contribution in [2.24, 2.45) is 0 Å². The van der Waals surface area contributed by atoms with Gasteiger partial charge in [0.1, 0.15) is 0 Å². The molecule has 0 bridgehead atoms. The van der Waals surface area contributed by atoms with Crippen molar-refractivity contribution in [3.63, 3.8) is 0 Å². The second kappa shape index (κ2) is 7.31. The van der Waals surface area contributed by atoms with Crippen LogP contribution in [0.4, 0.5) is 0 Å². The zero-order valence-corrected chi connectivity index (χ0v) is 14.0. The minimum absolute atomic E-state index is 0.289. The Balaban J connectivity index is 1.66. The average molecular weight is 331 g/mol. The van der Waals surface area contributed by atoms with Crippen LogP contribution in [0, 0.1) is 0 Å². The van der Waals surface area contributed by atoms with E-state index >= 15 is 0 Å². The predicted octanol–water partition coefficient (Wildman–Crippen LogP) is 2.73. The lowest BCUT2D eigenvalue weighted by molar-refractivity contribution is 0.174. The van der Waals surface area contributed by atoms with Crippen LogP contribution in [-0.4, -0.2) is 28.1 Å². The van der Waals surface area contributed by atoms with Crippen molar-refractivity contribution >= 4 is 0 Å². The molecule has 6 nitrogen and oxygen atoms in total. The van der Waals surface area contributed by atoms with Gasteiger partial charge in [0.25, 0.3) is 0 Å². The molecule has 1 N–H and O–H groups in total. The van der Waals surface area contributed by atoms with Gasteiger partial charge < -0.3 is 29.0 Å². The summed E-state index contributed by atoms with van der Waals surface area (Å²) in [7, 11) is 4.82. The second-order valence-electron chi connectivity index (χ2n) is 5.32. The van der Waals surface area contributed by atoms with E-state index in [1.54, 1.807) is 21.3 Å². The summed E-state index contributed by atoms with van der Waals surface area (Å²) >= 11 is 0. The van der Waals surface area contributed by atoms with E-state index in [0.717, 1.165) is 22.6 Å². The lowest BCUT2D eigenvalue weighted by Gasteiger charge is -2.14. The summed E-state index contributed by atoms with van der Waals surface area (Å²) in [5.41, 5.74) is 2.18. The third-order valence-corrected chi connectivity index (χ3v) is 3.82. The fourth-order valence-corrected chi connectivity index (χ4v) is 2.64. The van der Waals surface area contributed by atoms with Crippen LogP contribution in [0.5, 0.6) is 28.7 Å². The molecular formula is C18H21NO5. The average Bonchev–Trinajstić information content (AvgIpc) is 3.08.